The van der Waals surface area contributed by atoms with E-state index in [1.54, 1.807) is 6.33 Å². The molecule has 0 amide bonds. The number of fused-ring (bicyclic) bond motifs is 2. The summed E-state index contributed by atoms with van der Waals surface area (Å²) >= 11 is 0. The summed E-state index contributed by atoms with van der Waals surface area (Å²) in [4.78, 5) is 26.0. The molecule has 7 nitrogen and oxygen atoms in total. The molecule has 3 aromatic heterocycles. The number of hydrogen-bond acceptors (Lipinski definition) is 6. The van der Waals surface area contributed by atoms with Crippen LogP contribution in [0.4, 0.5) is 5.82 Å². The molecule has 2 N–H and O–H groups in total. The molecule has 1 aromatic carbocycles. The Labute approximate surface area is 166 Å². The smallest absolute Gasteiger partial charge is 0.200 e. The summed E-state index contributed by atoms with van der Waals surface area (Å²) in [6.07, 6.45) is 11.1. The second-order valence-corrected chi connectivity index (χ2v) is 7.17. The number of allylic oxidation sites excluding steroid dienone is 4. The summed E-state index contributed by atoms with van der Waals surface area (Å²) in [5.41, 5.74) is 10.1. The van der Waals surface area contributed by atoms with Crippen molar-refractivity contribution in [1.82, 2.24) is 19.5 Å². The standard InChI is InChI=1S/C22H19N5O2/c1-13-7-8-16-15(9-13)20(28)18(14-5-3-2-4-6-14)17(29-16)10-27-12-26-19-21(23)24-11-25-22(19)27/h3,5-9,11-12H,2,4,10H2,1H3,(H2,23,24,25). The van der Waals surface area contributed by atoms with Gasteiger partial charge in [-0.1, -0.05) is 29.9 Å². The molecule has 0 atom stereocenters. The second kappa shape index (κ2) is 6.70. The van der Waals surface area contributed by atoms with E-state index in [0.29, 0.717) is 45.8 Å². The van der Waals surface area contributed by atoms with Crippen molar-refractivity contribution in [1.29, 1.82) is 0 Å². The summed E-state index contributed by atoms with van der Waals surface area (Å²) in [6, 6.07) is 5.66. The number of aryl methyl sites for hydroxylation is 1. The summed E-state index contributed by atoms with van der Waals surface area (Å²) in [7, 11) is 0. The lowest BCUT2D eigenvalue weighted by atomic mass is 9.96. The van der Waals surface area contributed by atoms with Crippen molar-refractivity contribution in [3.8, 4) is 0 Å². The van der Waals surface area contributed by atoms with Crippen molar-refractivity contribution in [3.05, 3.63) is 76.2 Å². The molecular formula is C22H19N5O2. The lowest BCUT2D eigenvalue weighted by Gasteiger charge is -2.14. The Bertz CT molecular complexity index is 1380. The van der Waals surface area contributed by atoms with Gasteiger partial charge in [0.2, 0.25) is 5.43 Å². The van der Waals surface area contributed by atoms with E-state index in [1.165, 1.54) is 6.33 Å². The number of nitrogens with two attached hydrogens (primary N) is 1. The molecule has 0 bridgehead atoms. The van der Waals surface area contributed by atoms with Gasteiger partial charge in [0.1, 0.15) is 23.2 Å². The number of hydrogen-bond donors (Lipinski definition) is 1. The van der Waals surface area contributed by atoms with Gasteiger partial charge in [0.15, 0.2) is 11.5 Å². The van der Waals surface area contributed by atoms with Crippen LogP contribution in [0.15, 0.2) is 58.3 Å². The Morgan fingerprint density at radius 1 is 1.21 bits per heavy atom. The zero-order chi connectivity index (χ0) is 20.0. The Balaban J connectivity index is 1.74. The number of anilines is 1. The Morgan fingerprint density at radius 2 is 2.10 bits per heavy atom. The third kappa shape index (κ3) is 2.91. The number of nitrogens with zero attached hydrogens (tertiary/aromatic N) is 4. The van der Waals surface area contributed by atoms with Crippen LogP contribution in [-0.4, -0.2) is 19.5 Å². The van der Waals surface area contributed by atoms with E-state index in [9.17, 15) is 4.79 Å². The minimum absolute atomic E-state index is 0.0266. The van der Waals surface area contributed by atoms with E-state index < -0.39 is 0 Å². The summed E-state index contributed by atoms with van der Waals surface area (Å²) in [5, 5.41) is 0.589. The zero-order valence-electron chi connectivity index (χ0n) is 15.9. The molecule has 5 rings (SSSR count). The maximum atomic E-state index is 13.4. The second-order valence-electron chi connectivity index (χ2n) is 7.17. The minimum Gasteiger partial charge on any atom is -0.458 e. The topological polar surface area (TPSA) is 99.8 Å². The van der Waals surface area contributed by atoms with Crippen molar-refractivity contribution in [3.63, 3.8) is 0 Å². The van der Waals surface area contributed by atoms with Gasteiger partial charge in [0.05, 0.1) is 23.8 Å². The number of benzene rings is 1. The molecule has 7 heteroatoms. The molecule has 0 radical (unpaired) electrons. The quantitative estimate of drug-likeness (QED) is 0.578. The summed E-state index contributed by atoms with van der Waals surface area (Å²) in [6.45, 7) is 2.28. The van der Waals surface area contributed by atoms with Crippen LogP contribution in [0.3, 0.4) is 0 Å². The first-order valence-electron chi connectivity index (χ1n) is 9.46. The van der Waals surface area contributed by atoms with Gasteiger partial charge in [-0.05, 0) is 37.5 Å². The highest BCUT2D eigenvalue weighted by Crippen LogP contribution is 2.27. The van der Waals surface area contributed by atoms with Crippen molar-refractivity contribution >= 4 is 33.5 Å². The van der Waals surface area contributed by atoms with Crippen molar-refractivity contribution in [2.45, 2.75) is 26.3 Å². The lowest BCUT2D eigenvalue weighted by molar-refractivity contribution is 0.516. The number of imidazole rings is 1. The van der Waals surface area contributed by atoms with Gasteiger partial charge < -0.3 is 14.7 Å². The van der Waals surface area contributed by atoms with Crippen LogP contribution in [0.1, 0.15) is 29.7 Å². The van der Waals surface area contributed by atoms with Gasteiger partial charge in [-0.2, -0.15) is 0 Å². The molecule has 4 aromatic rings. The fourth-order valence-electron chi connectivity index (χ4n) is 3.73. The third-order valence-electron chi connectivity index (χ3n) is 5.15. The molecule has 0 aliphatic heterocycles. The highest BCUT2D eigenvalue weighted by Gasteiger charge is 2.19. The van der Waals surface area contributed by atoms with Crippen molar-refractivity contribution < 1.29 is 4.42 Å². The molecule has 1 aliphatic rings. The van der Waals surface area contributed by atoms with E-state index in [4.69, 9.17) is 10.2 Å². The van der Waals surface area contributed by atoms with Gasteiger partial charge in [0, 0.05) is 0 Å². The van der Waals surface area contributed by atoms with Crippen molar-refractivity contribution in [2.24, 2.45) is 0 Å². The maximum absolute atomic E-state index is 13.4. The fourth-order valence-corrected chi connectivity index (χ4v) is 3.73. The SMILES string of the molecule is Cc1ccc2oc(Cn3cnc4c(N)ncnc43)c(C3=CCCC=C3)c(=O)c2c1. The highest BCUT2D eigenvalue weighted by molar-refractivity contribution is 5.85. The van der Waals surface area contributed by atoms with Gasteiger partial charge in [-0.25, -0.2) is 15.0 Å². The van der Waals surface area contributed by atoms with Gasteiger partial charge in [0.25, 0.3) is 0 Å². The van der Waals surface area contributed by atoms with E-state index in [2.05, 4.69) is 27.1 Å². The third-order valence-corrected chi connectivity index (χ3v) is 5.15. The normalized spacial score (nSPS) is 13.9. The first-order valence-corrected chi connectivity index (χ1v) is 9.46. The largest absolute Gasteiger partial charge is 0.458 e. The molecule has 29 heavy (non-hydrogen) atoms. The molecule has 3 heterocycles. The Morgan fingerprint density at radius 3 is 2.93 bits per heavy atom. The average Bonchev–Trinajstić information content (AvgIpc) is 3.14. The number of aromatic nitrogens is 4. The Hall–Kier alpha value is -3.74. The van der Waals surface area contributed by atoms with Crippen LogP contribution in [-0.2, 0) is 6.54 Å². The van der Waals surface area contributed by atoms with Gasteiger partial charge >= 0.3 is 0 Å². The summed E-state index contributed by atoms with van der Waals surface area (Å²) in [5.74, 6) is 0.892. The van der Waals surface area contributed by atoms with Crippen LogP contribution < -0.4 is 11.2 Å². The molecule has 1 aliphatic carbocycles. The van der Waals surface area contributed by atoms with Crippen LogP contribution >= 0.6 is 0 Å². The summed E-state index contributed by atoms with van der Waals surface area (Å²) < 4.78 is 8.06. The molecule has 0 saturated carbocycles. The number of rotatable bonds is 3. The first-order chi connectivity index (χ1) is 14.1. The van der Waals surface area contributed by atoms with E-state index in [1.807, 2.05) is 35.8 Å². The lowest BCUT2D eigenvalue weighted by Crippen LogP contribution is -2.15. The van der Waals surface area contributed by atoms with Crippen LogP contribution in [0.25, 0.3) is 27.7 Å². The predicted octanol–water partition coefficient (Wildman–Crippen LogP) is 3.61. The monoisotopic (exact) mass is 385 g/mol. The molecule has 0 spiro atoms. The molecule has 0 unspecified atom stereocenters. The van der Waals surface area contributed by atoms with Gasteiger partial charge in [-0.3, -0.25) is 4.79 Å². The fraction of sp³-hybridized carbons (Fsp3) is 0.182. The molecule has 0 saturated heterocycles. The maximum Gasteiger partial charge on any atom is 0.200 e. The molecule has 144 valence electrons. The van der Waals surface area contributed by atoms with Crippen molar-refractivity contribution in [2.75, 3.05) is 5.73 Å². The van der Waals surface area contributed by atoms with E-state index >= 15 is 0 Å². The molecular weight excluding hydrogens is 366 g/mol. The Kier molecular flexibility index (Phi) is 4.01. The van der Waals surface area contributed by atoms with Gasteiger partial charge in [-0.15, -0.1) is 0 Å². The minimum atomic E-state index is -0.0266. The predicted molar refractivity (Wildman–Crippen MR) is 112 cm³/mol. The molecule has 0 fully saturated rings. The first kappa shape index (κ1) is 17.4. The highest BCUT2D eigenvalue weighted by atomic mass is 16.3. The van der Waals surface area contributed by atoms with Crippen LogP contribution in [0.5, 0.6) is 0 Å². The number of nitrogen functional groups attached to an aromatic ring is 1. The van der Waals surface area contributed by atoms with E-state index in [0.717, 1.165) is 24.0 Å². The average molecular weight is 385 g/mol. The zero-order valence-corrected chi connectivity index (χ0v) is 15.9. The van der Waals surface area contributed by atoms with E-state index in [-0.39, 0.29) is 5.43 Å². The van der Waals surface area contributed by atoms with Crippen LogP contribution in [0.2, 0.25) is 0 Å². The van der Waals surface area contributed by atoms with Crippen LogP contribution in [0, 0.1) is 6.92 Å².